The predicted octanol–water partition coefficient (Wildman–Crippen LogP) is 3.34. The Labute approximate surface area is 133 Å². The van der Waals surface area contributed by atoms with E-state index in [2.05, 4.69) is 30.9 Å². The normalized spacial score (nSPS) is 18.4. The monoisotopic (exact) mass is 306 g/mol. The van der Waals surface area contributed by atoms with Gasteiger partial charge in [-0.05, 0) is 49.0 Å². The molecule has 1 heterocycles. The summed E-state index contributed by atoms with van der Waals surface area (Å²) in [7, 11) is 1.65. The number of rotatable bonds is 5. The average molecular weight is 306 g/mol. The smallest absolute Gasteiger partial charge is 0.129 e. The van der Waals surface area contributed by atoms with E-state index in [1.807, 2.05) is 6.07 Å². The van der Waals surface area contributed by atoms with Crippen LogP contribution >= 0.6 is 12.2 Å². The Morgan fingerprint density at radius 1 is 1.38 bits per heavy atom. The molecule has 1 saturated heterocycles. The standard InChI is InChI=1S/C17H26N2OS/c1-4-17(2)7-9-19(10-8-17)12-13-5-6-15(20-3)14(11-13)16(18)21/h5-6,11H,4,7-10,12H2,1-3H3,(H2,18,21). The number of likely N-dealkylation sites (tertiary alicyclic amines) is 1. The lowest BCUT2D eigenvalue weighted by atomic mass is 9.78. The number of nitrogens with zero attached hydrogens (tertiary/aromatic N) is 1. The van der Waals surface area contributed by atoms with Crippen LogP contribution in [0.1, 0.15) is 44.2 Å². The number of thiocarbonyl (C=S) groups is 1. The van der Waals surface area contributed by atoms with Gasteiger partial charge in [0, 0.05) is 6.54 Å². The van der Waals surface area contributed by atoms with Gasteiger partial charge in [-0.2, -0.15) is 0 Å². The van der Waals surface area contributed by atoms with Crippen LogP contribution in [0.4, 0.5) is 0 Å². The molecule has 21 heavy (non-hydrogen) atoms. The van der Waals surface area contributed by atoms with E-state index < -0.39 is 0 Å². The molecule has 1 aliphatic rings. The minimum atomic E-state index is 0.394. The number of piperidine rings is 1. The molecule has 0 atom stereocenters. The van der Waals surface area contributed by atoms with E-state index in [1.165, 1.54) is 37.9 Å². The van der Waals surface area contributed by atoms with Gasteiger partial charge in [-0.1, -0.05) is 38.6 Å². The van der Waals surface area contributed by atoms with Gasteiger partial charge < -0.3 is 10.5 Å². The predicted molar refractivity (Wildman–Crippen MR) is 91.8 cm³/mol. The second-order valence-corrected chi connectivity index (χ2v) is 6.78. The number of hydrogen-bond donors (Lipinski definition) is 1. The molecule has 0 aromatic heterocycles. The molecule has 0 amide bonds. The van der Waals surface area contributed by atoms with Crippen molar-refractivity contribution in [3.8, 4) is 5.75 Å². The summed E-state index contributed by atoms with van der Waals surface area (Å²) in [6, 6.07) is 6.13. The van der Waals surface area contributed by atoms with Gasteiger partial charge in [0.2, 0.25) is 0 Å². The van der Waals surface area contributed by atoms with Crippen molar-refractivity contribution in [3.63, 3.8) is 0 Å². The van der Waals surface area contributed by atoms with E-state index in [0.29, 0.717) is 10.4 Å². The van der Waals surface area contributed by atoms with E-state index in [0.717, 1.165) is 17.9 Å². The number of methoxy groups -OCH3 is 1. The zero-order valence-corrected chi connectivity index (χ0v) is 14.1. The van der Waals surface area contributed by atoms with Crippen LogP contribution in [0.5, 0.6) is 5.75 Å². The molecule has 1 aromatic rings. The third-order valence-corrected chi connectivity index (χ3v) is 5.07. The molecule has 0 saturated carbocycles. The highest BCUT2D eigenvalue weighted by Gasteiger charge is 2.28. The first kappa shape index (κ1) is 16.2. The van der Waals surface area contributed by atoms with Gasteiger partial charge in [0.05, 0.1) is 12.7 Å². The Bertz CT molecular complexity index is 508. The molecule has 0 aliphatic carbocycles. The summed E-state index contributed by atoms with van der Waals surface area (Å²) in [5.41, 5.74) is 8.39. The van der Waals surface area contributed by atoms with Gasteiger partial charge in [0.25, 0.3) is 0 Å². The minimum absolute atomic E-state index is 0.394. The molecule has 4 heteroatoms. The van der Waals surface area contributed by atoms with Gasteiger partial charge in [0.1, 0.15) is 10.7 Å². The van der Waals surface area contributed by atoms with Crippen LogP contribution in [0.25, 0.3) is 0 Å². The van der Waals surface area contributed by atoms with Crippen LogP contribution in [0.2, 0.25) is 0 Å². The Kier molecular flexibility index (Phi) is 5.22. The second-order valence-electron chi connectivity index (χ2n) is 6.34. The topological polar surface area (TPSA) is 38.5 Å². The Balaban J connectivity index is 2.04. The van der Waals surface area contributed by atoms with Crippen molar-refractivity contribution in [2.24, 2.45) is 11.1 Å². The van der Waals surface area contributed by atoms with E-state index in [-0.39, 0.29) is 0 Å². The van der Waals surface area contributed by atoms with Crippen LogP contribution in [0, 0.1) is 5.41 Å². The first-order valence-electron chi connectivity index (χ1n) is 7.66. The van der Waals surface area contributed by atoms with Crippen molar-refractivity contribution < 1.29 is 4.74 Å². The third kappa shape index (κ3) is 3.95. The number of hydrogen-bond acceptors (Lipinski definition) is 3. The van der Waals surface area contributed by atoms with E-state index in [9.17, 15) is 0 Å². The third-order valence-electron chi connectivity index (χ3n) is 4.85. The lowest BCUT2D eigenvalue weighted by Gasteiger charge is -2.39. The van der Waals surface area contributed by atoms with Gasteiger partial charge in [-0.25, -0.2) is 0 Å². The lowest BCUT2D eigenvalue weighted by molar-refractivity contribution is 0.109. The Hall–Kier alpha value is -1.13. The summed E-state index contributed by atoms with van der Waals surface area (Å²) in [6.07, 6.45) is 3.83. The summed E-state index contributed by atoms with van der Waals surface area (Å²) in [5, 5.41) is 0. The molecular weight excluding hydrogens is 280 g/mol. The fourth-order valence-electron chi connectivity index (χ4n) is 2.91. The van der Waals surface area contributed by atoms with Crippen LogP contribution < -0.4 is 10.5 Å². The van der Waals surface area contributed by atoms with Gasteiger partial charge >= 0.3 is 0 Å². The summed E-state index contributed by atoms with van der Waals surface area (Å²) >= 11 is 5.11. The quantitative estimate of drug-likeness (QED) is 0.847. The molecule has 1 aliphatic heterocycles. The van der Waals surface area contributed by atoms with Crippen LogP contribution in [-0.4, -0.2) is 30.1 Å². The number of nitrogens with two attached hydrogens (primary N) is 1. The fraction of sp³-hybridized carbons (Fsp3) is 0.588. The van der Waals surface area contributed by atoms with E-state index in [4.69, 9.17) is 22.7 Å². The van der Waals surface area contributed by atoms with Crippen molar-refractivity contribution >= 4 is 17.2 Å². The molecule has 116 valence electrons. The molecule has 0 radical (unpaired) electrons. The minimum Gasteiger partial charge on any atom is -0.496 e. The zero-order chi connectivity index (χ0) is 15.5. The maximum Gasteiger partial charge on any atom is 0.129 e. The molecule has 0 bridgehead atoms. The largest absolute Gasteiger partial charge is 0.496 e. The fourth-order valence-corrected chi connectivity index (χ4v) is 3.07. The Morgan fingerprint density at radius 3 is 2.57 bits per heavy atom. The molecule has 0 spiro atoms. The van der Waals surface area contributed by atoms with Crippen molar-refractivity contribution in [3.05, 3.63) is 29.3 Å². The highest BCUT2D eigenvalue weighted by molar-refractivity contribution is 7.80. The molecule has 2 N–H and O–H groups in total. The van der Waals surface area contributed by atoms with E-state index in [1.54, 1.807) is 7.11 Å². The zero-order valence-electron chi connectivity index (χ0n) is 13.3. The molecule has 3 nitrogen and oxygen atoms in total. The number of benzene rings is 1. The lowest BCUT2D eigenvalue weighted by Crippen LogP contribution is -2.37. The summed E-state index contributed by atoms with van der Waals surface area (Å²) in [6.45, 7) is 7.99. The highest BCUT2D eigenvalue weighted by atomic mass is 32.1. The van der Waals surface area contributed by atoms with Crippen LogP contribution in [0.3, 0.4) is 0 Å². The highest BCUT2D eigenvalue weighted by Crippen LogP contribution is 2.34. The molecule has 1 fully saturated rings. The first-order chi connectivity index (χ1) is 9.97. The van der Waals surface area contributed by atoms with Gasteiger partial charge in [-0.15, -0.1) is 0 Å². The van der Waals surface area contributed by atoms with Gasteiger partial charge in [0.15, 0.2) is 0 Å². The average Bonchev–Trinajstić information content (AvgIpc) is 2.49. The van der Waals surface area contributed by atoms with Crippen molar-refractivity contribution in [1.29, 1.82) is 0 Å². The molecular formula is C17H26N2OS. The number of ether oxygens (including phenoxy) is 1. The molecule has 0 unspecified atom stereocenters. The second kappa shape index (κ2) is 6.75. The van der Waals surface area contributed by atoms with Crippen LogP contribution in [0.15, 0.2) is 18.2 Å². The molecule has 1 aromatic carbocycles. The molecule has 2 rings (SSSR count). The van der Waals surface area contributed by atoms with Crippen molar-refractivity contribution in [2.75, 3.05) is 20.2 Å². The van der Waals surface area contributed by atoms with Crippen LogP contribution in [-0.2, 0) is 6.54 Å². The maximum absolute atomic E-state index is 5.78. The summed E-state index contributed by atoms with van der Waals surface area (Å²) < 4.78 is 5.31. The summed E-state index contributed by atoms with van der Waals surface area (Å²) in [4.78, 5) is 2.91. The first-order valence-corrected chi connectivity index (χ1v) is 8.07. The van der Waals surface area contributed by atoms with Gasteiger partial charge in [-0.3, -0.25) is 4.90 Å². The van der Waals surface area contributed by atoms with E-state index >= 15 is 0 Å². The SMILES string of the molecule is CCC1(C)CCN(Cc2ccc(OC)c(C(N)=S)c2)CC1. The van der Waals surface area contributed by atoms with Crippen molar-refractivity contribution in [2.45, 2.75) is 39.7 Å². The van der Waals surface area contributed by atoms with Crippen molar-refractivity contribution in [1.82, 2.24) is 4.90 Å². The maximum atomic E-state index is 5.78. The Morgan fingerprint density at radius 2 is 2.05 bits per heavy atom. The summed E-state index contributed by atoms with van der Waals surface area (Å²) in [5.74, 6) is 0.753.